The molecule has 0 fully saturated rings. The van der Waals surface area contributed by atoms with Gasteiger partial charge in [-0.05, 0) is 42.0 Å². The molecule has 2 aromatic heterocycles. The highest BCUT2D eigenvalue weighted by atomic mass is 35.5. The first-order valence-electron chi connectivity index (χ1n) is 9.34. The summed E-state index contributed by atoms with van der Waals surface area (Å²) < 4.78 is 15.3. The third-order valence-electron chi connectivity index (χ3n) is 4.57. The van der Waals surface area contributed by atoms with Crippen LogP contribution in [0.5, 0.6) is 0 Å². The van der Waals surface area contributed by atoms with Gasteiger partial charge >= 0.3 is 0 Å². The maximum Gasteiger partial charge on any atom is 0.257 e. The van der Waals surface area contributed by atoms with Gasteiger partial charge in [-0.15, -0.1) is 0 Å². The minimum absolute atomic E-state index is 0.109. The second kappa shape index (κ2) is 9.07. The number of benzene rings is 2. The molecule has 0 saturated heterocycles. The zero-order valence-electron chi connectivity index (χ0n) is 16.0. The zero-order valence-corrected chi connectivity index (χ0v) is 17.6. The van der Waals surface area contributed by atoms with Crippen molar-refractivity contribution in [2.45, 2.75) is 12.5 Å². The van der Waals surface area contributed by atoms with Gasteiger partial charge in [0.05, 0.1) is 22.9 Å². The fourth-order valence-electron chi connectivity index (χ4n) is 3.04. The molecule has 1 unspecified atom stereocenters. The van der Waals surface area contributed by atoms with Crippen molar-refractivity contribution in [3.05, 3.63) is 76.7 Å². The second-order valence-electron chi connectivity index (χ2n) is 6.88. The normalized spacial score (nSPS) is 12.1. The number of hydrogen-bond acceptors (Lipinski definition) is 6. The van der Waals surface area contributed by atoms with E-state index in [2.05, 4.69) is 15.3 Å². The Kier molecular flexibility index (Phi) is 6.24. The predicted octanol–water partition coefficient (Wildman–Crippen LogP) is 4.30. The fourth-order valence-corrected chi connectivity index (χ4v) is 4.18. The number of rotatable bonds is 6. The molecule has 1 atom stereocenters. The lowest BCUT2D eigenvalue weighted by molar-refractivity contribution is 0.0954. The number of anilines is 1. The van der Waals surface area contributed by atoms with Crippen LogP contribution in [0.4, 0.5) is 9.52 Å². The lowest BCUT2D eigenvalue weighted by Gasteiger charge is -2.09. The molecular weight excluding hydrogens is 441 g/mol. The van der Waals surface area contributed by atoms with Crippen molar-refractivity contribution >= 4 is 44.2 Å². The SMILES string of the molecule is O=C(Nc1nc2ccc(Cl)cc2s1)c1ccc(-c2ncc(CC(O)CO)cc2F)cc1. The van der Waals surface area contributed by atoms with Gasteiger partial charge in [-0.3, -0.25) is 15.1 Å². The van der Waals surface area contributed by atoms with Crippen LogP contribution in [0, 0.1) is 5.82 Å². The maximum absolute atomic E-state index is 14.5. The first kappa shape index (κ1) is 21.3. The van der Waals surface area contributed by atoms with Crippen molar-refractivity contribution in [3.8, 4) is 11.3 Å². The number of hydrogen-bond donors (Lipinski definition) is 3. The van der Waals surface area contributed by atoms with Gasteiger partial charge in [-0.1, -0.05) is 35.1 Å². The molecule has 0 aliphatic heterocycles. The molecule has 158 valence electrons. The third-order valence-corrected chi connectivity index (χ3v) is 5.74. The van der Waals surface area contributed by atoms with Gasteiger partial charge in [-0.25, -0.2) is 9.37 Å². The molecule has 1 amide bonds. The standard InChI is InChI=1S/C22H17ClFN3O3S/c23-15-5-6-18-19(9-15)31-22(26-18)27-21(30)14-3-1-13(2-4-14)20-17(24)8-12(10-25-20)7-16(29)11-28/h1-6,8-10,16,28-29H,7,11H2,(H,26,27,30). The van der Waals surface area contributed by atoms with Crippen LogP contribution < -0.4 is 5.32 Å². The smallest absolute Gasteiger partial charge is 0.257 e. The Labute approximate surface area is 186 Å². The summed E-state index contributed by atoms with van der Waals surface area (Å²) in [5.41, 5.74) is 2.27. The Morgan fingerprint density at radius 2 is 1.97 bits per heavy atom. The van der Waals surface area contributed by atoms with Gasteiger partial charge in [-0.2, -0.15) is 0 Å². The molecule has 6 nitrogen and oxygen atoms in total. The minimum atomic E-state index is -0.961. The van der Waals surface area contributed by atoms with Crippen LogP contribution in [0.15, 0.2) is 54.7 Å². The predicted molar refractivity (Wildman–Crippen MR) is 119 cm³/mol. The second-order valence-corrected chi connectivity index (χ2v) is 8.34. The number of nitrogens with zero attached hydrogens (tertiary/aromatic N) is 2. The number of aliphatic hydroxyl groups excluding tert-OH is 2. The number of carbonyl (C=O) groups is 1. The molecule has 4 rings (SSSR count). The van der Waals surface area contributed by atoms with E-state index in [1.165, 1.54) is 23.6 Å². The molecular formula is C22H17ClFN3O3S. The summed E-state index contributed by atoms with van der Waals surface area (Å²) in [6.07, 6.45) is 0.604. The summed E-state index contributed by atoms with van der Waals surface area (Å²) in [6.45, 7) is -0.405. The Bertz CT molecular complexity index is 1250. The number of fused-ring (bicyclic) bond motifs is 1. The van der Waals surface area contributed by atoms with Crippen LogP contribution in [-0.4, -0.2) is 38.8 Å². The van der Waals surface area contributed by atoms with Crippen molar-refractivity contribution in [2.75, 3.05) is 11.9 Å². The van der Waals surface area contributed by atoms with E-state index in [1.807, 2.05) is 0 Å². The molecule has 0 radical (unpaired) electrons. The minimum Gasteiger partial charge on any atom is -0.394 e. The summed E-state index contributed by atoms with van der Waals surface area (Å²) in [5.74, 6) is -0.883. The van der Waals surface area contributed by atoms with E-state index in [0.717, 1.165) is 10.2 Å². The lowest BCUT2D eigenvalue weighted by Crippen LogP contribution is -2.15. The van der Waals surface area contributed by atoms with E-state index in [0.29, 0.717) is 26.8 Å². The average Bonchev–Trinajstić information content (AvgIpc) is 3.15. The van der Waals surface area contributed by atoms with Gasteiger partial charge in [0.1, 0.15) is 11.5 Å². The van der Waals surface area contributed by atoms with Crippen LogP contribution in [0.3, 0.4) is 0 Å². The summed E-state index contributed by atoms with van der Waals surface area (Å²) in [5, 5.41) is 22.2. The van der Waals surface area contributed by atoms with Crippen LogP contribution in [0.25, 0.3) is 21.5 Å². The van der Waals surface area contributed by atoms with E-state index in [4.69, 9.17) is 16.7 Å². The highest BCUT2D eigenvalue weighted by molar-refractivity contribution is 7.22. The monoisotopic (exact) mass is 457 g/mol. The first-order valence-corrected chi connectivity index (χ1v) is 10.5. The van der Waals surface area contributed by atoms with E-state index in [-0.39, 0.29) is 18.0 Å². The van der Waals surface area contributed by atoms with Crippen molar-refractivity contribution in [2.24, 2.45) is 0 Å². The Morgan fingerprint density at radius 1 is 1.19 bits per heavy atom. The number of aliphatic hydroxyl groups is 2. The molecule has 9 heteroatoms. The van der Waals surface area contributed by atoms with Gasteiger partial charge in [0.25, 0.3) is 5.91 Å². The zero-order chi connectivity index (χ0) is 22.0. The molecule has 3 N–H and O–H groups in total. The number of halogens is 2. The van der Waals surface area contributed by atoms with Gasteiger partial charge in [0.2, 0.25) is 0 Å². The number of amides is 1. The summed E-state index contributed by atoms with van der Waals surface area (Å²) in [4.78, 5) is 21.0. The van der Waals surface area contributed by atoms with E-state index < -0.39 is 18.5 Å². The molecule has 0 saturated carbocycles. The first-order chi connectivity index (χ1) is 14.9. The van der Waals surface area contributed by atoms with Gasteiger partial charge in [0.15, 0.2) is 5.13 Å². The Morgan fingerprint density at radius 3 is 2.68 bits per heavy atom. The molecule has 0 aliphatic rings. The van der Waals surface area contributed by atoms with Crippen LogP contribution in [-0.2, 0) is 6.42 Å². The molecule has 0 aliphatic carbocycles. The molecule has 0 bridgehead atoms. The largest absolute Gasteiger partial charge is 0.394 e. The van der Waals surface area contributed by atoms with E-state index >= 15 is 0 Å². The van der Waals surface area contributed by atoms with Crippen LogP contribution in [0.1, 0.15) is 15.9 Å². The Balaban J connectivity index is 1.48. The van der Waals surface area contributed by atoms with Gasteiger partial charge in [0, 0.05) is 28.8 Å². The number of aromatic nitrogens is 2. The van der Waals surface area contributed by atoms with Crippen LogP contribution >= 0.6 is 22.9 Å². The van der Waals surface area contributed by atoms with Crippen molar-refractivity contribution in [1.82, 2.24) is 9.97 Å². The summed E-state index contributed by atoms with van der Waals surface area (Å²) in [6, 6.07) is 13.0. The summed E-state index contributed by atoms with van der Waals surface area (Å²) in [7, 11) is 0. The number of pyridine rings is 1. The quantitative estimate of drug-likeness (QED) is 0.401. The van der Waals surface area contributed by atoms with Crippen molar-refractivity contribution < 1.29 is 19.4 Å². The molecule has 31 heavy (non-hydrogen) atoms. The van der Waals surface area contributed by atoms with E-state index in [1.54, 1.807) is 42.5 Å². The maximum atomic E-state index is 14.5. The fraction of sp³-hybridized carbons (Fsp3) is 0.136. The third kappa shape index (κ3) is 4.88. The number of thiazole rings is 1. The topological polar surface area (TPSA) is 95.3 Å². The average molecular weight is 458 g/mol. The molecule has 4 aromatic rings. The van der Waals surface area contributed by atoms with Crippen LogP contribution in [0.2, 0.25) is 5.02 Å². The number of nitrogens with one attached hydrogen (secondary N) is 1. The van der Waals surface area contributed by atoms with Gasteiger partial charge < -0.3 is 10.2 Å². The number of carbonyl (C=O) groups excluding carboxylic acids is 1. The highest BCUT2D eigenvalue weighted by Gasteiger charge is 2.13. The van der Waals surface area contributed by atoms with Crippen molar-refractivity contribution in [1.29, 1.82) is 0 Å². The highest BCUT2D eigenvalue weighted by Crippen LogP contribution is 2.29. The molecule has 0 spiro atoms. The lowest BCUT2D eigenvalue weighted by atomic mass is 10.1. The Hall–Kier alpha value is -2.91. The molecule has 2 aromatic carbocycles. The van der Waals surface area contributed by atoms with Crippen molar-refractivity contribution in [3.63, 3.8) is 0 Å². The van der Waals surface area contributed by atoms with E-state index in [9.17, 15) is 14.3 Å². The summed E-state index contributed by atoms with van der Waals surface area (Å²) >= 11 is 7.30. The molecule has 2 heterocycles.